The fraction of sp³-hybridized carbons (Fsp3) is 0.318. The van der Waals surface area contributed by atoms with E-state index in [-0.39, 0.29) is 11.3 Å². The number of carbonyl (C=O) groups excluding carboxylic acids is 3. The highest BCUT2D eigenvalue weighted by Crippen LogP contribution is 2.31. The number of non-ortho nitro benzene ring substituents is 1. The number of rotatable bonds is 7. The molecule has 1 saturated heterocycles. The summed E-state index contributed by atoms with van der Waals surface area (Å²) in [4.78, 5) is 47.4. The molecule has 0 aliphatic carbocycles. The molecule has 0 bridgehead atoms. The van der Waals surface area contributed by atoms with Crippen molar-refractivity contribution in [3.63, 3.8) is 0 Å². The first-order chi connectivity index (χ1) is 15.3. The highest BCUT2D eigenvalue weighted by atomic mass is 16.6. The maximum absolute atomic E-state index is 12.6. The van der Waals surface area contributed by atoms with Crippen LogP contribution in [-0.2, 0) is 16.0 Å². The van der Waals surface area contributed by atoms with Crippen LogP contribution in [0.25, 0.3) is 0 Å². The number of benzene rings is 2. The van der Waals surface area contributed by atoms with Gasteiger partial charge in [-0.05, 0) is 36.8 Å². The van der Waals surface area contributed by atoms with E-state index in [1.54, 1.807) is 5.32 Å². The molecule has 2 aromatic carbocycles. The summed E-state index contributed by atoms with van der Waals surface area (Å²) < 4.78 is 4.95. The zero-order valence-corrected chi connectivity index (χ0v) is 17.4. The van der Waals surface area contributed by atoms with Crippen molar-refractivity contribution in [2.24, 2.45) is 11.7 Å². The second-order valence-electron chi connectivity index (χ2n) is 7.57. The van der Waals surface area contributed by atoms with E-state index in [0.29, 0.717) is 24.7 Å². The largest absolute Gasteiger partial charge is 0.452 e. The lowest BCUT2D eigenvalue weighted by atomic mass is 9.90. The van der Waals surface area contributed by atoms with Crippen LogP contribution < -0.4 is 16.0 Å². The summed E-state index contributed by atoms with van der Waals surface area (Å²) in [5.41, 5.74) is 6.37. The molecule has 1 fully saturated rings. The Morgan fingerprint density at radius 2 is 1.81 bits per heavy atom. The standard InChI is InChI=1S/C22H24N4O6/c23-22(29)24-20(27)14-32-21(28)18-13-17(26(30)31)6-7-19(18)25-10-8-16(9-11-25)12-15-4-2-1-3-5-15/h1-7,13,16H,8-12,14H2,(H3,23,24,27,29). The zero-order valence-electron chi connectivity index (χ0n) is 17.4. The number of primary amides is 1. The maximum Gasteiger partial charge on any atom is 0.341 e. The fourth-order valence-electron chi connectivity index (χ4n) is 3.78. The summed E-state index contributed by atoms with van der Waals surface area (Å²) >= 11 is 0. The first kappa shape index (κ1) is 22.7. The highest BCUT2D eigenvalue weighted by molar-refractivity contribution is 5.99. The van der Waals surface area contributed by atoms with E-state index in [0.717, 1.165) is 25.3 Å². The van der Waals surface area contributed by atoms with E-state index in [1.807, 2.05) is 23.1 Å². The number of imide groups is 1. The van der Waals surface area contributed by atoms with Crippen LogP contribution in [0.3, 0.4) is 0 Å². The molecule has 0 aromatic heterocycles. The molecule has 3 amide bonds. The minimum atomic E-state index is -1.07. The second kappa shape index (κ2) is 10.4. The third-order valence-electron chi connectivity index (χ3n) is 5.33. The molecule has 0 atom stereocenters. The Hall–Kier alpha value is -3.95. The van der Waals surface area contributed by atoms with E-state index in [9.17, 15) is 24.5 Å². The average molecular weight is 440 g/mol. The van der Waals surface area contributed by atoms with Crippen molar-refractivity contribution >= 4 is 29.3 Å². The zero-order chi connectivity index (χ0) is 23.1. The lowest BCUT2D eigenvalue weighted by molar-refractivity contribution is -0.384. The number of piperidine rings is 1. The number of urea groups is 1. The van der Waals surface area contributed by atoms with Gasteiger partial charge in [-0.1, -0.05) is 30.3 Å². The molecule has 0 unspecified atom stereocenters. The van der Waals surface area contributed by atoms with Crippen LogP contribution in [0.5, 0.6) is 0 Å². The molecule has 0 saturated carbocycles. The molecule has 0 radical (unpaired) electrons. The van der Waals surface area contributed by atoms with Crippen molar-refractivity contribution < 1.29 is 24.0 Å². The van der Waals surface area contributed by atoms with Gasteiger partial charge in [-0.25, -0.2) is 9.59 Å². The van der Waals surface area contributed by atoms with E-state index in [2.05, 4.69) is 12.1 Å². The SMILES string of the molecule is NC(=O)NC(=O)COC(=O)c1cc([N+](=O)[O-])ccc1N1CCC(Cc2ccccc2)CC1. The summed E-state index contributed by atoms with van der Waals surface area (Å²) in [5, 5.41) is 13.0. The van der Waals surface area contributed by atoms with Crippen molar-refractivity contribution in [3.05, 3.63) is 69.8 Å². The number of nitrogens with one attached hydrogen (secondary N) is 1. The third-order valence-corrected chi connectivity index (χ3v) is 5.33. The van der Waals surface area contributed by atoms with Gasteiger partial charge in [0.15, 0.2) is 6.61 Å². The van der Waals surface area contributed by atoms with Crippen LogP contribution in [-0.4, -0.2) is 42.5 Å². The van der Waals surface area contributed by atoms with Crippen molar-refractivity contribution in [3.8, 4) is 0 Å². The predicted molar refractivity (Wildman–Crippen MR) is 116 cm³/mol. The summed E-state index contributed by atoms with van der Waals surface area (Å²) in [7, 11) is 0. The Morgan fingerprint density at radius 3 is 2.44 bits per heavy atom. The molecular formula is C22H24N4O6. The molecule has 10 heteroatoms. The van der Waals surface area contributed by atoms with Crippen LogP contribution in [0.2, 0.25) is 0 Å². The Balaban J connectivity index is 1.70. The number of nitrogens with zero attached hydrogens (tertiary/aromatic N) is 2. The molecule has 2 aromatic rings. The van der Waals surface area contributed by atoms with Gasteiger partial charge in [-0.2, -0.15) is 0 Å². The number of amides is 3. The molecule has 0 spiro atoms. The summed E-state index contributed by atoms with van der Waals surface area (Å²) in [6.07, 6.45) is 2.78. The van der Waals surface area contributed by atoms with Crippen LogP contribution in [0.15, 0.2) is 48.5 Å². The number of nitrogens with two attached hydrogens (primary N) is 1. The Morgan fingerprint density at radius 1 is 1.12 bits per heavy atom. The molecule has 1 heterocycles. The Labute approximate surface area is 184 Å². The number of anilines is 1. The van der Waals surface area contributed by atoms with Crippen molar-refractivity contribution in [2.75, 3.05) is 24.6 Å². The van der Waals surface area contributed by atoms with Crippen LogP contribution >= 0.6 is 0 Å². The predicted octanol–water partition coefficient (Wildman–Crippen LogP) is 2.41. The van der Waals surface area contributed by atoms with E-state index >= 15 is 0 Å². The molecule has 1 aliphatic rings. The molecule has 1 aliphatic heterocycles. The van der Waals surface area contributed by atoms with Gasteiger partial charge in [0.05, 0.1) is 16.2 Å². The van der Waals surface area contributed by atoms with Gasteiger partial charge < -0.3 is 15.4 Å². The lowest BCUT2D eigenvalue weighted by Crippen LogP contribution is -2.38. The van der Waals surface area contributed by atoms with Gasteiger partial charge in [0, 0.05) is 25.2 Å². The smallest absolute Gasteiger partial charge is 0.341 e. The normalized spacial score (nSPS) is 13.9. The van der Waals surface area contributed by atoms with Gasteiger partial charge in [0.1, 0.15) is 0 Å². The quantitative estimate of drug-likeness (QED) is 0.382. The first-order valence-electron chi connectivity index (χ1n) is 10.2. The number of carbonyl (C=O) groups is 3. The van der Waals surface area contributed by atoms with Crippen LogP contribution in [0.1, 0.15) is 28.8 Å². The monoisotopic (exact) mass is 440 g/mol. The second-order valence-corrected chi connectivity index (χ2v) is 7.57. The number of hydrogen-bond acceptors (Lipinski definition) is 7. The summed E-state index contributed by atoms with van der Waals surface area (Å²) in [5.74, 6) is -1.28. The fourth-order valence-corrected chi connectivity index (χ4v) is 3.78. The Bertz CT molecular complexity index is 1000. The first-order valence-corrected chi connectivity index (χ1v) is 10.2. The van der Waals surface area contributed by atoms with Gasteiger partial charge in [0.2, 0.25) is 0 Å². The number of hydrogen-bond donors (Lipinski definition) is 2. The van der Waals surface area contributed by atoms with Crippen molar-refractivity contribution in [2.45, 2.75) is 19.3 Å². The van der Waals surface area contributed by atoms with Crippen molar-refractivity contribution in [1.82, 2.24) is 5.32 Å². The minimum absolute atomic E-state index is 0.00687. The van der Waals surface area contributed by atoms with Crippen molar-refractivity contribution in [1.29, 1.82) is 0 Å². The maximum atomic E-state index is 12.6. The van der Waals surface area contributed by atoms with E-state index < -0.39 is 29.4 Å². The summed E-state index contributed by atoms with van der Waals surface area (Å²) in [6, 6.07) is 13.2. The minimum Gasteiger partial charge on any atom is -0.452 e. The molecule has 32 heavy (non-hydrogen) atoms. The molecule has 3 rings (SSSR count). The number of nitro benzene ring substituents is 1. The number of esters is 1. The van der Waals surface area contributed by atoms with Gasteiger partial charge >= 0.3 is 12.0 Å². The van der Waals surface area contributed by atoms with Gasteiger partial charge in [0.25, 0.3) is 11.6 Å². The highest BCUT2D eigenvalue weighted by Gasteiger charge is 2.26. The summed E-state index contributed by atoms with van der Waals surface area (Å²) in [6.45, 7) is 0.624. The van der Waals surface area contributed by atoms with Gasteiger partial charge in [-0.3, -0.25) is 20.2 Å². The van der Waals surface area contributed by atoms with Gasteiger partial charge in [-0.15, -0.1) is 0 Å². The topological polar surface area (TPSA) is 145 Å². The molecule has 168 valence electrons. The lowest BCUT2D eigenvalue weighted by Gasteiger charge is -2.34. The van der Waals surface area contributed by atoms with E-state index in [1.165, 1.54) is 17.7 Å². The van der Waals surface area contributed by atoms with Crippen LogP contribution in [0, 0.1) is 16.0 Å². The van der Waals surface area contributed by atoms with E-state index in [4.69, 9.17) is 10.5 Å². The average Bonchev–Trinajstić information content (AvgIpc) is 2.78. The number of ether oxygens (including phenoxy) is 1. The molecule has 3 N–H and O–H groups in total. The molecule has 10 nitrogen and oxygen atoms in total. The third kappa shape index (κ3) is 6.03. The molecular weight excluding hydrogens is 416 g/mol. The Kier molecular flexibility index (Phi) is 7.37. The van der Waals surface area contributed by atoms with Crippen LogP contribution in [0.4, 0.5) is 16.2 Å². The number of nitro groups is 1.